The summed E-state index contributed by atoms with van der Waals surface area (Å²) >= 11 is 0.293. The first-order valence-corrected chi connectivity index (χ1v) is 7.48. The Balaban J connectivity index is 2.67. The molecule has 0 aliphatic carbocycles. The van der Waals surface area contributed by atoms with Gasteiger partial charge in [0, 0.05) is 12.2 Å². The van der Waals surface area contributed by atoms with E-state index in [-0.39, 0.29) is 22.5 Å². The molecular formula is C14H20F2N2OS. The maximum atomic E-state index is 12.4. The first kappa shape index (κ1) is 16.9. The van der Waals surface area contributed by atoms with E-state index in [9.17, 15) is 13.6 Å². The van der Waals surface area contributed by atoms with Crippen LogP contribution in [0, 0.1) is 5.92 Å². The maximum Gasteiger partial charge on any atom is 0.290 e. The molecule has 0 aliphatic heterocycles. The van der Waals surface area contributed by atoms with Crippen molar-refractivity contribution in [3.8, 4) is 0 Å². The van der Waals surface area contributed by atoms with Gasteiger partial charge in [0.05, 0.1) is 5.56 Å². The summed E-state index contributed by atoms with van der Waals surface area (Å²) in [7, 11) is 0. The number of hydrogen-bond donors (Lipinski definition) is 1. The normalized spacial score (nSPS) is 12.8. The topological polar surface area (TPSA) is 42.0 Å². The second-order valence-corrected chi connectivity index (χ2v) is 6.06. The molecule has 0 saturated carbocycles. The molecule has 1 aromatic heterocycles. The molecule has 0 fully saturated rings. The van der Waals surface area contributed by atoms with Crippen LogP contribution < -0.4 is 5.32 Å². The summed E-state index contributed by atoms with van der Waals surface area (Å²) in [5, 5.41) is 2.89. The van der Waals surface area contributed by atoms with E-state index in [0.717, 1.165) is 12.8 Å². The van der Waals surface area contributed by atoms with E-state index >= 15 is 0 Å². The lowest BCUT2D eigenvalue weighted by Gasteiger charge is -2.16. The van der Waals surface area contributed by atoms with Crippen LogP contribution in [0.5, 0.6) is 0 Å². The van der Waals surface area contributed by atoms with Crippen LogP contribution in [0.4, 0.5) is 8.78 Å². The van der Waals surface area contributed by atoms with E-state index in [4.69, 9.17) is 0 Å². The van der Waals surface area contributed by atoms with Crippen LogP contribution in [0.1, 0.15) is 44.0 Å². The van der Waals surface area contributed by atoms with Gasteiger partial charge in [-0.1, -0.05) is 13.8 Å². The number of carbonyl (C=O) groups is 1. The average molecular weight is 302 g/mol. The molecule has 1 atom stereocenters. The van der Waals surface area contributed by atoms with Crippen molar-refractivity contribution in [2.45, 2.75) is 50.4 Å². The Morgan fingerprint density at radius 2 is 2.05 bits per heavy atom. The lowest BCUT2D eigenvalue weighted by atomic mass is 10.0. The van der Waals surface area contributed by atoms with E-state index < -0.39 is 5.76 Å². The fraction of sp³-hybridized carbons (Fsp3) is 0.571. The molecule has 6 heteroatoms. The highest BCUT2D eigenvalue weighted by Crippen LogP contribution is 2.26. The maximum absolute atomic E-state index is 12.4. The Morgan fingerprint density at radius 3 is 2.65 bits per heavy atom. The van der Waals surface area contributed by atoms with E-state index in [1.807, 2.05) is 6.92 Å². The van der Waals surface area contributed by atoms with Crippen molar-refractivity contribution in [2.24, 2.45) is 5.92 Å². The number of pyridine rings is 1. The zero-order chi connectivity index (χ0) is 15.1. The van der Waals surface area contributed by atoms with Gasteiger partial charge in [0.2, 0.25) is 0 Å². The van der Waals surface area contributed by atoms with Gasteiger partial charge in [-0.3, -0.25) is 4.79 Å². The number of aromatic nitrogens is 1. The van der Waals surface area contributed by atoms with Crippen molar-refractivity contribution < 1.29 is 13.6 Å². The van der Waals surface area contributed by atoms with E-state index in [2.05, 4.69) is 24.1 Å². The van der Waals surface area contributed by atoms with E-state index in [0.29, 0.717) is 17.7 Å². The van der Waals surface area contributed by atoms with Crippen molar-refractivity contribution in [1.29, 1.82) is 0 Å². The summed E-state index contributed by atoms with van der Waals surface area (Å²) in [6, 6.07) is 3.10. The van der Waals surface area contributed by atoms with Crippen molar-refractivity contribution in [3.63, 3.8) is 0 Å². The van der Waals surface area contributed by atoms with Gasteiger partial charge in [-0.15, -0.1) is 0 Å². The van der Waals surface area contributed by atoms with Crippen molar-refractivity contribution >= 4 is 17.7 Å². The van der Waals surface area contributed by atoms with Gasteiger partial charge in [-0.25, -0.2) is 4.98 Å². The van der Waals surface area contributed by atoms with Crippen LogP contribution in [0.3, 0.4) is 0 Å². The Bertz CT molecular complexity index is 441. The monoisotopic (exact) mass is 302 g/mol. The molecule has 0 bridgehead atoms. The minimum absolute atomic E-state index is 0.00880. The highest BCUT2D eigenvalue weighted by Gasteiger charge is 2.17. The Kier molecular flexibility index (Phi) is 6.91. The number of amides is 1. The van der Waals surface area contributed by atoms with E-state index in [1.54, 1.807) is 6.07 Å². The molecule has 0 spiro atoms. The Labute approximate surface area is 122 Å². The van der Waals surface area contributed by atoms with Crippen molar-refractivity contribution in [3.05, 3.63) is 23.9 Å². The molecule has 1 rings (SSSR count). The predicted octanol–water partition coefficient (Wildman–Crippen LogP) is 3.95. The molecule has 0 radical (unpaired) electrons. The van der Waals surface area contributed by atoms with Crippen LogP contribution in [0.2, 0.25) is 0 Å². The summed E-state index contributed by atoms with van der Waals surface area (Å²) < 4.78 is 24.9. The Hall–Kier alpha value is -1.17. The fourth-order valence-corrected chi connectivity index (χ4v) is 2.28. The van der Waals surface area contributed by atoms with Crippen LogP contribution in [0.15, 0.2) is 23.4 Å². The molecule has 112 valence electrons. The molecule has 1 aromatic rings. The molecule has 20 heavy (non-hydrogen) atoms. The third-order valence-electron chi connectivity index (χ3n) is 2.77. The second kappa shape index (κ2) is 8.19. The first-order chi connectivity index (χ1) is 9.40. The molecule has 0 aliphatic rings. The van der Waals surface area contributed by atoms with Gasteiger partial charge < -0.3 is 5.32 Å². The number of carbonyl (C=O) groups excluding carboxylic acids is 1. The fourth-order valence-electron chi connectivity index (χ4n) is 1.70. The second-order valence-electron chi connectivity index (χ2n) is 5.08. The quantitative estimate of drug-likeness (QED) is 0.775. The molecule has 1 unspecified atom stereocenters. The third-order valence-corrected chi connectivity index (χ3v) is 3.50. The SMILES string of the molecule is CC(C)CCC(C)NC(=O)c1cccnc1SC(F)F. The highest BCUT2D eigenvalue weighted by molar-refractivity contribution is 7.99. The van der Waals surface area contributed by atoms with Gasteiger partial charge in [0.25, 0.3) is 11.7 Å². The molecule has 3 nitrogen and oxygen atoms in total. The summed E-state index contributed by atoms with van der Waals surface area (Å²) in [4.78, 5) is 15.9. The van der Waals surface area contributed by atoms with Crippen LogP contribution >= 0.6 is 11.8 Å². The molecular weight excluding hydrogens is 282 g/mol. The molecule has 0 aromatic carbocycles. The number of nitrogens with one attached hydrogen (secondary N) is 1. The lowest BCUT2D eigenvalue weighted by Crippen LogP contribution is -2.33. The molecule has 1 heterocycles. The van der Waals surface area contributed by atoms with Gasteiger partial charge >= 0.3 is 0 Å². The number of halogens is 2. The highest BCUT2D eigenvalue weighted by atomic mass is 32.2. The van der Waals surface area contributed by atoms with Gasteiger partial charge in [-0.2, -0.15) is 8.78 Å². The third kappa shape index (κ3) is 5.86. The molecule has 0 saturated heterocycles. The van der Waals surface area contributed by atoms with Gasteiger partial charge in [-0.05, 0) is 49.6 Å². The zero-order valence-corrected chi connectivity index (χ0v) is 12.7. The van der Waals surface area contributed by atoms with E-state index in [1.165, 1.54) is 12.3 Å². The van der Waals surface area contributed by atoms with Crippen LogP contribution in [-0.4, -0.2) is 22.7 Å². The first-order valence-electron chi connectivity index (χ1n) is 6.60. The van der Waals surface area contributed by atoms with Crippen molar-refractivity contribution in [1.82, 2.24) is 10.3 Å². The number of nitrogens with zero attached hydrogens (tertiary/aromatic N) is 1. The summed E-state index contributed by atoms with van der Waals surface area (Å²) in [5.41, 5.74) is 0.203. The smallest absolute Gasteiger partial charge is 0.290 e. The summed E-state index contributed by atoms with van der Waals surface area (Å²) in [6.07, 6.45) is 3.28. The molecule has 1 N–H and O–H groups in total. The average Bonchev–Trinajstić information content (AvgIpc) is 2.36. The van der Waals surface area contributed by atoms with Gasteiger partial charge in [0.1, 0.15) is 5.03 Å². The minimum Gasteiger partial charge on any atom is -0.350 e. The van der Waals surface area contributed by atoms with Crippen LogP contribution in [-0.2, 0) is 0 Å². The number of alkyl halides is 2. The predicted molar refractivity (Wildman–Crippen MR) is 77.1 cm³/mol. The lowest BCUT2D eigenvalue weighted by molar-refractivity contribution is 0.0933. The summed E-state index contributed by atoms with van der Waals surface area (Å²) in [5.74, 6) is -2.37. The number of thioether (sulfide) groups is 1. The summed E-state index contributed by atoms with van der Waals surface area (Å²) in [6.45, 7) is 6.15. The number of hydrogen-bond acceptors (Lipinski definition) is 3. The van der Waals surface area contributed by atoms with Crippen molar-refractivity contribution in [2.75, 3.05) is 0 Å². The van der Waals surface area contributed by atoms with Crippen LogP contribution in [0.25, 0.3) is 0 Å². The largest absolute Gasteiger partial charge is 0.350 e. The van der Waals surface area contributed by atoms with Gasteiger partial charge in [0.15, 0.2) is 0 Å². The number of rotatable bonds is 7. The minimum atomic E-state index is -2.59. The zero-order valence-electron chi connectivity index (χ0n) is 11.9. The Morgan fingerprint density at radius 1 is 1.35 bits per heavy atom. The molecule has 1 amide bonds. The standard InChI is InChI=1S/C14H20F2N2OS/c1-9(2)6-7-10(3)18-12(19)11-5-4-8-17-13(11)20-14(15)16/h4-5,8-10,14H,6-7H2,1-3H3,(H,18,19).